The average molecular weight is 332 g/mol. The summed E-state index contributed by atoms with van der Waals surface area (Å²) in [7, 11) is 0. The Hall–Kier alpha value is -2.28. The summed E-state index contributed by atoms with van der Waals surface area (Å²) < 4.78 is 0. The van der Waals surface area contributed by atoms with E-state index in [1.165, 1.54) is 27.7 Å². The van der Waals surface area contributed by atoms with E-state index in [4.69, 9.17) is 0 Å². The van der Waals surface area contributed by atoms with Gasteiger partial charge in [-0.25, -0.2) is 0 Å². The molecule has 0 bridgehead atoms. The van der Waals surface area contributed by atoms with Gasteiger partial charge in [-0.05, 0) is 55.3 Å². The number of anilines is 2. The van der Waals surface area contributed by atoms with Crippen LogP contribution in [0.15, 0.2) is 66.7 Å². The Labute approximate surface area is 152 Å². The highest BCUT2D eigenvalue weighted by Gasteiger charge is 2.25. The van der Waals surface area contributed by atoms with Crippen LogP contribution in [0.2, 0.25) is 0 Å². The van der Waals surface area contributed by atoms with Crippen molar-refractivity contribution in [1.82, 2.24) is 0 Å². The molecule has 0 heterocycles. The van der Waals surface area contributed by atoms with Crippen LogP contribution in [-0.4, -0.2) is 5.54 Å². The maximum atomic E-state index is 2.45. The molecule has 3 rings (SSSR count). The van der Waals surface area contributed by atoms with Crippen LogP contribution in [0.3, 0.4) is 0 Å². The number of hydrogen-bond acceptors (Lipinski definition) is 1. The van der Waals surface area contributed by atoms with Gasteiger partial charge in [0.1, 0.15) is 0 Å². The number of rotatable bonds is 2. The SMILES string of the molecule is CC(C)(C)c1ccc(N(c2cccc3ccccc23)C(C)(C)C)cc1. The van der Waals surface area contributed by atoms with Gasteiger partial charge in [0.15, 0.2) is 0 Å². The molecule has 25 heavy (non-hydrogen) atoms. The van der Waals surface area contributed by atoms with Crippen molar-refractivity contribution in [2.45, 2.75) is 52.5 Å². The van der Waals surface area contributed by atoms with E-state index in [1.54, 1.807) is 0 Å². The topological polar surface area (TPSA) is 3.24 Å². The first-order valence-electron chi connectivity index (χ1n) is 9.06. The van der Waals surface area contributed by atoms with Crippen molar-refractivity contribution in [1.29, 1.82) is 0 Å². The lowest BCUT2D eigenvalue weighted by Crippen LogP contribution is -2.37. The first-order chi connectivity index (χ1) is 11.7. The molecule has 0 saturated heterocycles. The van der Waals surface area contributed by atoms with Crippen LogP contribution in [0.1, 0.15) is 47.1 Å². The first kappa shape index (κ1) is 17.5. The van der Waals surface area contributed by atoms with Crippen molar-refractivity contribution in [2.75, 3.05) is 4.90 Å². The lowest BCUT2D eigenvalue weighted by Gasteiger charge is -2.39. The Bertz CT molecular complexity index is 856. The van der Waals surface area contributed by atoms with E-state index >= 15 is 0 Å². The number of benzene rings is 3. The van der Waals surface area contributed by atoms with Gasteiger partial charge in [0, 0.05) is 22.3 Å². The second-order valence-electron chi connectivity index (χ2n) is 8.80. The second kappa shape index (κ2) is 6.22. The normalized spacial score (nSPS) is 12.4. The molecular weight excluding hydrogens is 302 g/mol. The van der Waals surface area contributed by atoms with E-state index < -0.39 is 0 Å². The van der Waals surface area contributed by atoms with Crippen LogP contribution >= 0.6 is 0 Å². The van der Waals surface area contributed by atoms with Gasteiger partial charge in [-0.1, -0.05) is 69.3 Å². The Morgan fingerprint density at radius 2 is 1.24 bits per heavy atom. The lowest BCUT2D eigenvalue weighted by atomic mass is 9.87. The fourth-order valence-corrected chi connectivity index (χ4v) is 3.40. The van der Waals surface area contributed by atoms with E-state index in [-0.39, 0.29) is 11.0 Å². The second-order valence-corrected chi connectivity index (χ2v) is 8.80. The first-order valence-corrected chi connectivity index (χ1v) is 9.06. The van der Waals surface area contributed by atoms with E-state index in [2.05, 4.69) is 113 Å². The molecule has 3 aromatic rings. The molecule has 0 aliphatic rings. The van der Waals surface area contributed by atoms with Crippen molar-refractivity contribution in [3.63, 3.8) is 0 Å². The highest BCUT2D eigenvalue weighted by molar-refractivity contribution is 5.96. The summed E-state index contributed by atoms with van der Waals surface area (Å²) in [5, 5.41) is 2.57. The van der Waals surface area contributed by atoms with E-state index in [0.29, 0.717) is 0 Å². The zero-order valence-corrected chi connectivity index (χ0v) is 16.3. The summed E-state index contributed by atoms with van der Waals surface area (Å²) in [6.07, 6.45) is 0. The van der Waals surface area contributed by atoms with Crippen LogP contribution < -0.4 is 4.90 Å². The van der Waals surface area contributed by atoms with Gasteiger partial charge in [-0.15, -0.1) is 0 Å². The molecule has 1 nitrogen and oxygen atoms in total. The fourth-order valence-electron chi connectivity index (χ4n) is 3.40. The fraction of sp³-hybridized carbons (Fsp3) is 0.333. The van der Waals surface area contributed by atoms with Crippen LogP contribution in [0.25, 0.3) is 10.8 Å². The molecular formula is C24H29N. The minimum atomic E-state index is -0.0205. The molecule has 0 radical (unpaired) electrons. The smallest absolute Gasteiger partial charge is 0.0495 e. The minimum absolute atomic E-state index is 0.0205. The summed E-state index contributed by atoms with van der Waals surface area (Å²) in [5.41, 5.74) is 4.01. The third kappa shape index (κ3) is 3.56. The lowest BCUT2D eigenvalue weighted by molar-refractivity contribution is 0.560. The van der Waals surface area contributed by atoms with Crippen molar-refractivity contribution >= 4 is 22.1 Å². The van der Waals surface area contributed by atoms with Crippen LogP contribution in [0.5, 0.6) is 0 Å². The molecule has 0 atom stereocenters. The molecule has 0 aliphatic heterocycles. The summed E-state index contributed by atoms with van der Waals surface area (Å²) in [4.78, 5) is 2.45. The van der Waals surface area contributed by atoms with Crippen LogP contribution in [0.4, 0.5) is 11.4 Å². The molecule has 0 saturated carbocycles. The monoisotopic (exact) mass is 331 g/mol. The number of nitrogens with zero attached hydrogens (tertiary/aromatic N) is 1. The molecule has 130 valence electrons. The molecule has 0 amide bonds. The van der Waals surface area contributed by atoms with Gasteiger partial charge in [-0.2, -0.15) is 0 Å². The highest BCUT2D eigenvalue weighted by Crippen LogP contribution is 2.38. The minimum Gasteiger partial charge on any atom is -0.336 e. The van der Waals surface area contributed by atoms with Crippen molar-refractivity contribution in [3.8, 4) is 0 Å². The number of hydrogen-bond donors (Lipinski definition) is 0. The Morgan fingerprint density at radius 3 is 1.84 bits per heavy atom. The van der Waals surface area contributed by atoms with Gasteiger partial charge >= 0.3 is 0 Å². The standard InChI is InChI=1S/C24H29N/c1-23(2,3)19-14-16-20(17-15-19)25(24(4,5)6)22-13-9-11-18-10-7-8-12-21(18)22/h7-17H,1-6H3. The van der Waals surface area contributed by atoms with Crippen LogP contribution in [-0.2, 0) is 5.41 Å². The molecule has 0 aromatic heterocycles. The van der Waals surface area contributed by atoms with Crippen molar-refractivity contribution in [2.24, 2.45) is 0 Å². The van der Waals surface area contributed by atoms with E-state index in [1.807, 2.05) is 0 Å². The molecule has 0 unspecified atom stereocenters. The van der Waals surface area contributed by atoms with Crippen molar-refractivity contribution in [3.05, 3.63) is 72.3 Å². The highest BCUT2D eigenvalue weighted by atomic mass is 15.2. The van der Waals surface area contributed by atoms with Crippen molar-refractivity contribution < 1.29 is 0 Å². The van der Waals surface area contributed by atoms with Crippen LogP contribution in [0, 0.1) is 0 Å². The summed E-state index contributed by atoms with van der Waals surface area (Å²) >= 11 is 0. The summed E-state index contributed by atoms with van der Waals surface area (Å²) in [6.45, 7) is 13.6. The van der Waals surface area contributed by atoms with Gasteiger partial charge in [-0.3, -0.25) is 0 Å². The zero-order chi connectivity index (χ0) is 18.2. The molecule has 0 fully saturated rings. The Kier molecular flexibility index (Phi) is 4.36. The number of fused-ring (bicyclic) bond motifs is 1. The zero-order valence-electron chi connectivity index (χ0n) is 16.3. The van der Waals surface area contributed by atoms with E-state index in [0.717, 1.165) is 0 Å². The molecule has 3 aromatic carbocycles. The third-order valence-corrected chi connectivity index (χ3v) is 4.67. The molecule has 0 spiro atoms. The largest absolute Gasteiger partial charge is 0.336 e. The van der Waals surface area contributed by atoms with Gasteiger partial charge in [0.05, 0.1) is 0 Å². The predicted octanol–water partition coefficient (Wildman–Crippen LogP) is 7.07. The maximum absolute atomic E-state index is 2.45. The Balaban J connectivity index is 2.16. The Morgan fingerprint density at radius 1 is 0.640 bits per heavy atom. The maximum Gasteiger partial charge on any atom is 0.0495 e. The van der Waals surface area contributed by atoms with E-state index in [9.17, 15) is 0 Å². The summed E-state index contributed by atoms with van der Waals surface area (Å²) in [5.74, 6) is 0. The molecule has 0 N–H and O–H groups in total. The van der Waals surface area contributed by atoms with Gasteiger partial charge in [0.2, 0.25) is 0 Å². The average Bonchev–Trinajstić information content (AvgIpc) is 2.54. The predicted molar refractivity (Wildman–Crippen MR) is 111 cm³/mol. The molecule has 0 aliphatic carbocycles. The van der Waals surface area contributed by atoms with Gasteiger partial charge < -0.3 is 4.90 Å². The summed E-state index contributed by atoms with van der Waals surface area (Å²) in [6, 6.07) is 24.2. The quantitative estimate of drug-likeness (QED) is 0.485. The van der Waals surface area contributed by atoms with Gasteiger partial charge in [0.25, 0.3) is 0 Å². The molecule has 1 heteroatoms. The third-order valence-electron chi connectivity index (χ3n) is 4.67.